The van der Waals surface area contributed by atoms with Crippen LogP contribution >= 0.6 is 0 Å². The lowest BCUT2D eigenvalue weighted by atomic mass is 10.1. The van der Waals surface area contributed by atoms with Crippen LogP contribution in [0.1, 0.15) is 28.5 Å². The molecule has 20 heavy (non-hydrogen) atoms. The van der Waals surface area contributed by atoms with Gasteiger partial charge in [-0.2, -0.15) is 0 Å². The van der Waals surface area contributed by atoms with Crippen LogP contribution in [0.25, 0.3) is 11.0 Å². The van der Waals surface area contributed by atoms with Gasteiger partial charge < -0.3 is 4.42 Å². The molecule has 0 amide bonds. The molecule has 0 aliphatic rings. The third-order valence-corrected chi connectivity index (χ3v) is 3.37. The molecule has 2 aromatic heterocycles. The Kier molecular flexibility index (Phi) is 3.26. The Hall–Kier alpha value is -2.17. The number of benzene rings is 1. The molecule has 0 saturated carbocycles. The van der Waals surface area contributed by atoms with Gasteiger partial charge in [-0.15, -0.1) is 0 Å². The topological polar surface area (TPSA) is 64.1 Å². The number of aromatic nitrogens is 1. The van der Waals surface area contributed by atoms with Crippen molar-refractivity contribution in [1.82, 2.24) is 10.4 Å². The van der Waals surface area contributed by atoms with Gasteiger partial charge in [0.1, 0.15) is 17.4 Å². The SMILES string of the molecule is Cc1cncc(C(NN)c2cc3cc(C)ccc3o2)c1. The Morgan fingerprint density at radius 1 is 1.10 bits per heavy atom. The van der Waals surface area contributed by atoms with Crippen molar-refractivity contribution in [3.05, 3.63) is 65.2 Å². The number of nitrogens with one attached hydrogen (secondary N) is 1. The smallest absolute Gasteiger partial charge is 0.134 e. The average molecular weight is 267 g/mol. The molecule has 1 aromatic carbocycles. The van der Waals surface area contributed by atoms with Crippen LogP contribution in [0.5, 0.6) is 0 Å². The minimum Gasteiger partial charge on any atom is -0.459 e. The van der Waals surface area contributed by atoms with Crippen LogP contribution in [0, 0.1) is 13.8 Å². The summed E-state index contributed by atoms with van der Waals surface area (Å²) in [5.41, 5.74) is 6.96. The van der Waals surface area contributed by atoms with Gasteiger partial charge in [-0.05, 0) is 43.2 Å². The van der Waals surface area contributed by atoms with Gasteiger partial charge >= 0.3 is 0 Å². The zero-order valence-corrected chi connectivity index (χ0v) is 11.6. The fourth-order valence-corrected chi connectivity index (χ4v) is 2.40. The van der Waals surface area contributed by atoms with E-state index in [1.165, 1.54) is 5.56 Å². The number of hydrogen-bond acceptors (Lipinski definition) is 4. The molecule has 0 spiro atoms. The summed E-state index contributed by atoms with van der Waals surface area (Å²) in [5, 5.41) is 1.08. The van der Waals surface area contributed by atoms with E-state index in [0.717, 1.165) is 27.9 Å². The number of pyridine rings is 1. The van der Waals surface area contributed by atoms with E-state index in [0.29, 0.717) is 0 Å². The molecule has 0 fully saturated rings. The summed E-state index contributed by atoms with van der Waals surface area (Å²) in [6.07, 6.45) is 3.62. The second-order valence-electron chi connectivity index (χ2n) is 5.09. The molecule has 3 rings (SSSR count). The summed E-state index contributed by atoms with van der Waals surface area (Å²) in [7, 11) is 0. The second kappa shape index (κ2) is 5.07. The van der Waals surface area contributed by atoms with Crippen molar-refractivity contribution in [1.29, 1.82) is 0 Å². The van der Waals surface area contributed by atoms with Gasteiger partial charge in [0, 0.05) is 17.8 Å². The molecule has 0 aliphatic heterocycles. The average Bonchev–Trinajstić information content (AvgIpc) is 2.82. The lowest BCUT2D eigenvalue weighted by Gasteiger charge is -2.13. The first-order valence-electron chi connectivity index (χ1n) is 6.55. The first kappa shape index (κ1) is 12.8. The second-order valence-corrected chi connectivity index (χ2v) is 5.09. The maximum absolute atomic E-state index is 5.90. The van der Waals surface area contributed by atoms with Crippen LogP contribution in [-0.2, 0) is 0 Å². The first-order valence-corrected chi connectivity index (χ1v) is 6.55. The number of hydrogen-bond donors (Lipinski definition) is 2. The van der Waals surface area contributed by atoms with Gasteiger partial charge in [-0.25, -0.2) is 5.43 Å². The van der Waals surface area contributed by atoms with E-state index in [1.54, 1.807) is 6.20 Å². The van der Waals surface area contributed by atoms with Crippen molar-refractivity contribution in [2.75, 3.05) is 0 Å². The zero-order chi connectivity index (χ0) is 14.1. The highest BCUT2D eigenvalue weighted by Gasteiger charge is 2.17. The van der Waals surface area contributed by atoms with Gasteiger partial charge in [-0.1, -0.05) is 17.7 Å². The standard InChI is InChI=1S/C16H17N3O/c1-10-3-4-14-12(5-10)7-15(20-14)16(19-17)13-6-11(2)8-18-9-13/h3-9,16,19H,17H2,1-2H3. The van der Waals surface area contributed by atoms with E-state index < -0.39 is 0 Å². The number of furan rings is 1. The number of nitrogens with zero attached hydrogens (tertiary/aromatic N) is 1. The Morgan fingerprint density at radius 3 is 2.70 bits per heavy atom. The number of fused-ring (bicyclic) bond motifs is 1. The lowest BCUT2D eigenvalue weighted by molar-refractivity contribution is 0.476. The molecule has 4 nitrogen and oxygen atoms in total. The van der Waals surface area contributed by atoms with E-state index in [1.807, 2.05) is 31.3 Å². The predicted molar refractivity (Wildman–Crippen MR) is 79.1 cm³/mol. The maximum Gasteiger partial charge on any atom is 0.134 e. The molecule has 0 bridgehead atoms. The van der Waals surface area contributed by atoms with Gasteiger partial charge in [0.2, 0.25) is 0 Å². The van der Waals surface area contributed by atoms with Gasteiger partial charge in [0.05, 0.1) is 0 Å². The Balaban J connectivity index is 2.07. The van der Waals surface area contributed by atoms with E-state index in [9.17, 15) is 0 Å². The molecule has 0 aliphatic carbocycles. The van der Waals surface area contributed by atoms with Crippen molar-refractivity contribution in [2.45, 2.75) is 19.9 Å². The normalized spacial score (nSPS) is 12.8. The molecule has 0 radical (unpaired) electrons. The highest BCUT2D eigenvalue weighted by Crippen LogP contribution is 2.28. The summed E-state index contributed by atoms with van der Waals surface area (Å²) in [6.45, 7) is 4.07. The number of hydrazine groups is 1. The van der Waals surface area contributed by atoms with Crippen LogP contribution in [0.2, 0.25) is 0 Å². The molecule has 1 atom stereocenters. The molecular weight excluding hydrogens is 250 g/mol. The quantitative estimate of drug-likeness (QED) is 0.565. The minimum absolute atomic E-state index is 0.199. The third kappa shape index (κ3) is 2.31. The fraction of sp³-hybridized carbons (Fsp3) is 0.188. The highest BCUT2D eigenvalue weighted by molar-refractivity contribution is 5.78. The van der Waals surface area contributed by atoms with Gasteiger partial charge in [0.25, 0.3) is 0 Å². The summed E-state index contributed by atoms with van der Waals surface area (Å²) >= 11 is 0. The van der Waals surface area contributed by atoms with Crippen molar-refractivity contribution >= 4 is 11.0 Å². The molecule has 4 heteroatoms. The number of aryl methyl sites for hydroxylation is 2. The van der Waals surface area contributed by atoms with Crippen LogP contribution in [0.3, 0.4) is 0 Å². The van der Waals surface area contributed by atoms with Crippen molar-refractivity contribution in [3.63, 3.8) is 0 Å². The van der Waals surface area contributed by atoms with E-state index in [2.05, 4.69) is 29.5 Å². The summed E-state index contributed by atoms with van der Waals surface area (Å²) < 4.78 is 5.90. The Morgan fingerprint density at radius 2 is 1.95 bits per heavy atom. The molecule has 3 aromatic rings. The maximum atomic E-state index is 5.90. The predicted octanol–water partition coefficient (Wildman–Crippen LogP) is 3.00. The Labute approximate surface area is 117 Å². The van der Waals surface area contributed by atoms with Crippen LogP contribution < -0.4 is 11.3 Å². The molecule has 3 N–H and O–H groups in total. The first-order chi connectivity index (χ1) is 9.67. The summed E-state index contributed by atoms with van der Waals surface area (Å²) in [4.78, 5) is 4.21. The van der Waals surface area contributed by atoms with Crippen molar-refractivity contribution < 1.29 is 4.42 Å². The summed E-state index contributed by atoms with van der Waals surface area (Å²) in [5.74, 6) is 6.49. The van der Waals surface area contributed by atoms with Gasteiger partial charge in [-0.3, -0.25) is 10.8 Å². The number of rotatable bonds is 3. The molecule has 1 unspecified atom stereocenters. The monoisotopic (exact) mass is 267 g/mol. The lowest BCUT2D eigenvalue weighted by Crippen LogP contribution is -2.28. The van der Waals surface area contributed by atoms with Crippen LogP contribution in [0.4, 0.5) is 0 Å². The molecule has 2 heterocycles. The van der Waals surface area contributed by atoms with E-state index >= 15 is 0 Å². The van der Waals surface area contributed by atoms with Crippen molar-refractivity contribution in [2.24, 2.45) is 5.84 Å². The molecule has 0 saturated heterocycles. The third-order valence-electron chi connectivity index (χ3n) is 3.37. The van der Waals surface area contributed by atoms with E-state index in [-0.39, 0.29) is 6.04 Å². The molecular formula is C16H17N3O. The van der Waals surface area contributed by atoms with E-state index in [4.69, 9.17) is 10.3 Å². The Bertz CT molecular complexity index is 748. The highest BCUT2D eigenvalue weighted by atomic mass is 16.3. The van der Waals surface area contributed by atoms with Crippen molar-refractivity contribution in [3.8, 4) is 0 Å². The molecule has 102 valence electrons. The zero-order valence-electron chi connectivity index (χ0n) is 11.6. The van der Waals surface area contributed by atoms with Crippen LogP contribution in [-0.4, -0.2) is 4.98 Å². The fourth-order valence-electron chi connectivity index (χ4n) is 2.40. The van der Waals surface area contributed by atoms with Gasteiger partial charge in [0.15, 0.2) is 0 Å². The summed E-state index contributed by atoms with van der Waals surface area (Å²) in [6, 6.07) is 10.00. The number of nitrogens with two attached hydrogens (primary N) is 1. The van der Waals surface area contributed by atoms with Crippen LogP contribution in [0.15, 0.2) is 47.1 Å². The largest absolute Gasteiger partial charge is 0.459 e. The minimum atomic E-state index is -0.199.